The van der Waals surface area contributed by atoms with Crippen molar-refractivity contribution in [3.8, 4) is 0 Å². The monoisotopic (exact) mass is 238 g/mol. The fourth-order valence-electron chi connectivity index (χ4n) is 2.35. The molecule has 2 rings (SSSR count). The van der Waals surface area contributed by atoms with Crippen LogP contribution >= 0.6 is 0 Å². The lowest BCUT2D eigenvalue weighted by molar-refractivity contribution is -0.118. The molecule has 0 aliphatic carbocycles. The summed E-state index contributed by atoms with van der Waals surface area (Å²) in [6.07, 6.45) is 4.04. The maximum Gasteiger partial charge on any atom is 0.183 e. The summed E-state index contributed by atoms with van der Waals surface area (Å²) in [4.78, 5) is 11.2. The number of aldehydes is 1. The third-order valence-corrected chi connectivity index (χ3v) is 3.12. The Labute approximate surface area is 101 Å². The van der Waals surface area contributed by atoms with Crippen molar-refractivity contribution in [3.05, 3.63) is 23.3 Å². The Bertz CT molecular complexity index is 366. The first-order chi connectivity index (χ1) is 8.16. The molecule has 4 heteroatoms. The predicted octanol–water partition coefficient (Wildman–Crippen LogP) is 1.61. The molecule has 0 N–H and O–H groups in total. The van der Waals surface area contributed by atoms with Gasteiger partial charge in [0.1, 0.15) is 18.0 Å². The zero-order chi connectivity index (χ0) is 12.5. The summed E-state index contributed by atoms with van der Waals surface area (Å²) in [6, 6.07) is 0. The van der Waals surface area contributed by atoms with Crippen LogP contribution in [0.15, 0.2) is 23.3 Å². The second-order valence-corrected chi connectivity index (χ2v) is 4.23. The second kappa shape index (κ2) is 4.72. The zero-order valence-corrected chi connectivity index (χ0v) is 10.4. The minimum atomic E-state index is -0.603. The maximum absolute atomic E-state index is 11.2. The summed E-state index contributed by atoms with van der Waals surface area (Å²) in [5.74, 6) is 0. The van der Waals surface area contributed by atoms with Gasteiger partial charge in [-0.15, -0.1) is 0 Å². The molecule has 0 saturated carbocycles. The zero-order valence-electron chi connectivity index (χ0n) is 10.4. The number of ether oxygens (including phenoxy) is 3. The standard InChI is InChI=1S/C13H18O4/c1-4-15-12(16-5-2)11-9(8-14)13(3)7-6-10(11)17-13/h6-8,10,12H,4-5H2,1-3H3/t10-,13+/m0/s1. The first-order valence-electron chi connectivity index (χ1n) is 5.96. The van der Waals surface area contributed by atoms with E-state index in [0.29, 0.717) is 18.8 Å². The molecule has 0 aromatic heterocycles. The van der Waals surface area contributed by atoms with Crippen molar-refractivity contribution in [3.63, 3.8) is 0 Å². The molecule has 0 amide bonds. The van der Waals surface area contributed by atoms with E-state index < -0.39 is 11.9 Å². The quantitative estimate of drug-likeness (QED) is 0.400. The van der Waals surface area contributed by atoms with Gasteiger partial charge in [0.2, 0.25) is 0 Å². The largest absolute Gasteiger partial charge is 0.354 e. The lowest BCUT2D eigenvalue weighted by Crippen LogP contribution is -2.27. The van der Waals surface area contributed by atoms with E-state index in [9.17, 15) is 4.79 Å². The van der Waals surface area contributed by atoms with E-state index in [1.807, 2.05) is 32.9 Å². The molecule has 4 nitrogen and oxygen atoms in total. The second-order valence-electron chi connectivity index (χ2n) is 4.23. The van der Waals surface area contributed by atoms with Crippen molar-refractivity contribution in [2.75, 3.05) is 13.2 Å². The van der Waals surface area contributed by atoms with Gasteiger partial charge in [-0.05, 0) is 26.8 Å². The highest BCUT2D eigenvalue weighted by molar-refractivity contribution is 5.81. The van der Waals surface area contributed by atoms with Gasteiger partial charge in [-0.25, -0.2) is 0 Å². The summed E-state index contributed by atoms with van der Waals surface area (Å²) in [6.45, 7) is 6.76. The van der Waals surface area contributed by atoms with Crippen LogP contribution < -0.4 is 0 Å². The first-order valence-corrected chi connectivity index (χ1v) is 5.96. The SMILES string of the molecule is CCOC(OCC)C1=C(C=O)[C@@]2(C)C=C[C@@H]1O2. The van der Waals surface area contributed by atoms with Gasteiger partial charge < -0.3 is 14.2 Å². The molecule has 0 aromatic carbocycles. The summed E-state index contributed by atoms with van der Waals surface area (Å²) >= 11 is 0. The summed E-state index contributed by atoms with van der Waals surface area (Å²) < 4.78 is 16.9. The topological polar surface area (TPSA) is 44.8 Å². The highest BCUT2D eigenvalue weighted by Gasteiger charge is 2.48. The summed E-state index contributed by atoms with van der Waals surface area (Å²) in [5, 5.41) is 0. The van der Waals surface area contributed by atoms with Gasteiger partial charge in [0.15, 0.2) is 6.29 Å². The Morgan fingerprint density at radius 3 is 2.65 bits per heavy atom. The van der Waals surface area contributed by atoms with Gasteiger partial charge in [0, 0.05) is 24.4 Å². The van der Waals surface area contributed by atoms with Gasteiger partial charge in [0.25, 0.3) is 0 Å². The fraction of sp³-hybridized carbons (Fsp3) is 0.615. The molecule has 2 atom stereocenters. The van der Waals surface area contributed by atoms with Crippen LogP contribution in [0.5, 0.6) is 0 Å². The van der Waals surface area contributed by atoms with Crippen LogP contribution in [-0.2, 0) is 19.0 Å². The van der Waals surface area contributed by atoms with Crippen LogP contribution in [0.1, 0.15) is 20.8 Å². The Morgan fingerprint density at radius 2 is 2.12 bits per heavy atom. The molecular formula is C13H18O4. The molecule has 0 saturated heterocycles. The van der Waals surface area contributed by atoms with Crippen molar-refractivity contribution in [1.82, 2.24) is 0 Å². The summed E-state index contributed by atoms with van der Waals surface area (Å²) in [7, 11) is 0. The molecule has 0 spiro atoms. The van der Waals surface area contributed by atoms with Crippen LogP contribution in [0.25, 0.3) is 0 Å². The van der Waals surface area contributed by atoms with E-state index in [1.54, 1.807) is 0 Å². The molecule has 17 heavy (non-hydrogen) atoms. The average molecular weight is 238 g/mol. The van der Waals surface area contributed by atoms with Crippen molar-refractivity contribution < 1.29 is 19.0 Å². The number of hydrogen-bond acceptors (Lipinski definition) is 4. The van der Waals surface area contributed by atoms with Crippen LogP contribution in [0.4, 0.5) is 0 Å². The summed E-state index contributed by atoms with van der Waals surface area (Å²) in [5.41, 5.74) is 0.847. The smallest absolute Gasteiger partial charge is 0.183 e. The Hall–Kier alpha value is -0.970. The molecule has 2 aliphatic heterocycles. The molecule has 0 radical (unpaired) electrons. The third-order valence-electron chi connectivity index (χ3n) is 3.12. The lowest BCUT2D eigenvalue weighted by atomic mass is 9.89. The van der Waals surface area contributed by atoms with Crippen LogP contribution in [0, 0.1) is 0 Å². The molecule has 0 unspecified atom stereocenters. The molecule has 0 fully saturated rings. The van der Waals surface area contributed by atoms with E-state index in [2.05, 4.69) is 0 Å². The minimum Gasteiger partial charge on any atom is -0.354 e. The Morgan fingerprint density at radius 1 is 1.47 bits per heavy atom. The van der Waals surface area contributed by atoms with E-state index in [4.69, 9.17) is 14.2 Å². The fourth-order valence-corrected chi connectivity index (χ4v) is 2.35. The molecule has 0 aromatic rings. The molecule has 2 heterocycles. The van der Waals surface area contributed by atoms with Crippen molar-refractivity contribution >= 4 is 6.29 Å². The van der Waals surface area contributed by atoms with Crippen molar-refractivity contribution in [2.45, 2.75) is 38.8 Å². The molecule has 2 aliphatic rings. The van der Waals surface area contributed by atoms with E-state index >= 15 is 0 Å². The predicted molar refractivity (Wildman–Crippen MR) is 62.5 cm³/mol. The minimum absolute atomic E-state index is 0.191. The Kier molecular flexibility index (Phi) is 3.47. The Balaban J connectivity index is 2.31. The van der Waals surface area contributed by atoms with E-state index in [1.165, 1.54) is 0 Å². The number of carbonyl (C=O) groups is 1. The number of carbonyl (C=O) groups excluding carboxylic acids is 1. The van der Waals surface area contributed by atoms with Gasteiger partial charge in [-0.3, -0.25) is 4.79 Å². The van der Waals surface area contributed by atoms with Gasteiger partial charge in [-0.1, -0.05) is 6.08 Å². The van der Waals surface area contributed by atoms with Crippen molar-refractivity contribution in [2.24, 2.45) is 0 Å². The van der Waals surface area contributed by atoms with Crippen LogP contribution in [0.3, 0.4) is 0 Å². The molecule has 94 valence electrons. The lowest BCUT2D eigenvalue weighted by Gasteiger charge is -2.22. The number of rotatable bonds is 6. The van der Waals surface area contributed by atoms with Gasteiger partial charge >= 0.3 is 0 Å². The van der Waals surface area contributed by atoms with Gasteiger partial charge in [-0.2, -0.15) is 0 Å². The average Bonchev–Trinajstić information content (AvgIpc) is 2.81. The first kappa shape index (κ1) is 12.5. The van der Waals surface area contributed by atoms with Crippen LogP contribution in [0.2, 0.25) is 0 Å². The number of hydrogen-bond donors (Lipinski definition) is 0. The highest BCUT2D eigenvalue weighted by atomic mass is 16.7. The van der Waals surface area contributed by atoms with Crippen LogP contribution in [-0.4, -0.2) is 37.5 Å². The molecule has 2 bridgehead atoms. The highest BCUT2D eigenvalue weighted by Crippen LogP contribution is 2.43. The third kappa shape index (κ3) is 1.97. The van der Waals surface area contributed by atoms with Gasteiger partial charge in [0.05, 0.1) is 0 Å². The number of fused-ring (bicyclic) bond motifs is 2. The molecular weight excluding hydrogens is 220 g/mol. The van der Waals surface area contributed by atoms with Crippen molar-refractivity contribution in [1.29, 1.82) is 0 Å². The maximum atomic E-state index is 11.2. The van der Waals surface area contributed by atoms with E-state index in [-0.39, 0.29) is 6.10 Å². The normalized spacial score (nSPS) is 30.7. The van der Waals surface area contributed by atoms with E-state index in [0.717, 1.165) is 11.9 Å².